The maximum absolute atomic E-state index is 13.2. The Hall–Kier alpha value is -4.03. The molecule has 1 unspecified atom stereocenters. The molecule has 1 fully saturated rings. The van der Waals surface area contributed by atoms with E-state index in [0.717, 1.165) is 37.0 Å². The summed E-state index contributed by atoms with van der Waals surface area (Å²) in [6.07, 6.45) is 5.44. The summed E-state index contributed by atoms with van der Waals surface area (Å²) in [5.74, 6) is -0.843. The number of aromatic nitrogens is 4. The summed E-state index contributed by atoms with van der Waals surface area (Å²) in [6.45, 7) is 0.646. The van der Waals surface area contributed by atoms with Crippen LogP contribution in [0.1, 0.15) is 25.5 Å². The lowest BCUT2D eigenvalue weighted by molar-refractivity contribution is -0.382. The lowest BCUT2D eigenvalue weighted by Gasteiger charge is -2.23. The molecule has 0 spiro atoms. The van der Waals surface area contributed by atoms with E-state index in [1.165, 1.54) is 6.07 Å². The van der Waals surface area contributed by atoms with Crippen molar-refractivity contribution in [3.63, 3.8) is 0 Å². The van der Waals surface area contributed by atoms with E-state index < -0.39 is 22.2 Å². The van der Waals surface area contributed by atoms with Gasteiger partial charge in [0.25, 0.3) is 5.69 Å². The third-order valence-corrected chi connectivity index (χ3v) is 6.95. The van der Waals surface area contributed by atoms with E-state index in [-0.39, 0.29) is 34.1 Å². The molecule has 5 aromatic rings. The van der Waals surface area contributed by atoms with Crippen molar-refractivity contribution in [2.45, 2.75) is 25.5 Å². The smallest absolute Gasteiger partial charge is 0.354 e. The molecule has 6 rings (SSSR count). The second kappa shape index (κ2) is 9.12. The SMILES string of the molecule is O=c1oc(-c2ccc(F)nc2)nc2c(Br)cc(-c3cccc4c3cnn4C3CCCCO3)c([N+](=O)[O-])c12. The van der Waals surface area contributed by atoms with Crippen molar-refractivity contribution in [2.24, 2.45) is 0 Å². The number of fused-ring (bicyclic) bond motifs is 2. The summed E-state index contributed by atoms with van der Waals surface area (Å²) in [5.41, 5.74) is 0.420. The minimum Gasteiger partial charge on any atom is -0.403 e. The van der Waals surface area contributed by atoms with Gasteiger partial charge in [-0.05, 0) is 65.0 Å². The first-order valence-corrected chi connectivity index (χ1v) is 12.2. The topological polar surface area (TPSA) is 126 Å². The van der Waals surface area contributed by atoms with Crippen LogP contribution < -0.4 is 5.63 Å². The first-order valence-electron chi connectivity index (χ1n) is 11.4. The highest BCUT2D eigenvalue weighted by molar-refractivity contribution is 9.10. The summed E-state index contributed by atoms with van der Waals surface area (Å²) in [6, 6.07) is 9.41. The van der Waals surface area contributed by atoms with Crippen LogP contribution in [0.3, 0.4) is 0 Å². The number of pyridine rings is 1. The summed E-state index contributed by atoms with van der Waals surface area (Å²) in [7, 11) is 0. The summed E-state index contributed by atoms with van der Waals surface area (Å²) >= 11 is 3.43. The van der Waals surface area contributed by atoms with Gasteiger partial charge in [0, 0.05) is 22.7 Å². The Kier molecular flexibility index (Phi) is 5.76. The number of hydrogen-bond acceptors (Lipinski definition) is 8. The van der Waals surface area contributed by atoms with Crippen LogP contribution >= 0.6 is 15.9 Å². The van der Waals surface area contributed by atoms with E-state index in [9.17, 15) is 19.3 Å². The van der Waals surface area contributed by atoms with Crippen molar-refractivity contribution in [1.29, 1.82) is 0 Å². The lowest BCUT2D eigenvalue weighted by atomic mass is 9.98. The lowest BCUT2D eigenvalue weighted by Crippen LogP contribution is -2.18. The van der Waals surface area contributed by atoms with Gasteiger partial charge in [0.1, 0.15) is 5.52 Å². The molecule has 10 nitrogen and oxygen atoms in total. The van der Waals surface area contributed by atoms with Gasteiger partial charge >= 0.3 is 5.63 Å². The minimum absolute atomic E-state index is 0.0458. The third-order valence-electron chi connectivity index (χ3n) is 6.35. The highest BCUT2D eigenvalue weighted by Crippen LogP contribution is 2.42. The average Bonchev–Trinajstić information content (AvgIpc) is 3.34. The van der Waals surface area contributed by atoms with E-state index >= 15 is 0 Å². The first kappa shape index (κ1) is 23.4. The number of nitro benzene ring substituents is 1. The van der Waals surface area contributed by atoms with Crippen molar-refractivity contribution in [3.8, 4) is 22.6 Å². The van der Waals surface area contributed by atoms with Gasteiger partial charge in [0.15, 0.2) is 11.6 Å². The molecule has 37 heavy (non-hydrogen) atoms. The largest absolute Gasteiger partial charge is 0.403 e. The number of rotatable bonds is 4. The van der Waals surface area contributed by atoms with E-state index in [1.54, 1.807) is 29.1 Å². The molecule has 0 aliphatic carbocycles. The van der Waals surface area contributed by atoms with E-state index in [0.29, 0.717) is 22.0 Å². The first-order chi connectivity index (χ1) is 17.9. The van der Waals surface area contributed by atoms with Crippen LogP contribution in [0.25, 0.3) is 44.4 Å². The predicted molar refractivity (Wildman–Crippen MR) is 135 cm³/mol. The van der Waals surface area contributed by atoms with E-state index in [1.807, 2.05) is 6.07 Å². The van der Waals surface area contributed by atoms with Crippen LogP contribution in [0.2, 0.25) is 0 Å². The van der Waals surface area contributed by atoms with Crippen LogP contribution in [0.15, 0.2) is 62.5 Å². The minimum atomic E-state index is -0.947. The number of ether oxygens (including phenoxy) is 1. The fourth-order valence-corrected chi connectivity index (χ4v) is 5.18. The van der Waals surface area contributed by atoms with E-state index in [2.05, 4.69) is 31.0 Å². The fraction of sp³-hybridized carbons (Fsp3) is 0.200. The van der Waals surface area contributed by atoms with E-state index in [4.69, 9.17) is 9.15 Å². The number of benzene rings is 2. The van der Waals surface area contributed by atoms with Gasteiger partial charge < -0.3 is 9.15 Å². The summed E-state index contributed by atoms with van der Waals surface area (Å²) in [4.78, 5) is 32.7. The molecule has 1 atom stereocenters. The number of halogens is 2. The van der Waals surface area contributed by atoms with Crippen molar-refractivity contribution in [3.05, 3.63) is 79.7 Å². The average molecular weight is 566 g/mol. The third kappa shape index (κ3) is 3.98. The van der Waals surface area contributed by atoms with Gasteiger partial charge in [-0.25, -0.2) is 19.4 Å². The summed E-state index contributed by atoms with van der Waals surface area (Å²) < 4.78 is 26.6. The zero-order valence-electron chi connectivity index (χ0n) is 19.1. The highest BCUT2D eigenvalue weighted by Gasteiger charge is 2.29. The van der Waals surface area contributed by atoms with Crippen molar-refractivity contribution in [1.82, 2.24) is 19.7 Å². The van der Waals surface area contributed by atoms with Gasteiger partial charge in [-0.1, -0.05) is 12.1 Å². The molecular formula is C25H17BrFN5O5. The Balaban J connectivity index is 1.58. The zero-order valence-corrected chi connectivity index (χ0v) is 20.6. The maximum atomic E-state index is 13.2. The van der Waals surface area contributed by atoms with Gasteiger partial charge in [0.2, 0.25) is 11.8 Å². The van der Waals surface area contributed by atoms with Crippen LogP contribution in [0, 0.1) is 16.1 Å². The molecule has 186 valence electrons. The Morgan fingerprint density at radius 2 is 2.03 bits per heavy atom. The van der Waals surface area contributed by atoms with Crippen LogP contribution in [0.5, 0.6) is 0 Å². The molecule has 1 aliphatic heterocycles. The highest BCUT2D eigenvalue weighted by atomic mass is 79.9. The number of nitrogens with zero attached hydrogens (tertiary/aromatic N) is 5. The van der Waals surface area contributed by atoms with Gasteiger partial charge in [0.05, 0.1) is 27.8 Å². The van der Waals surface area contributed by atoms with Crippen LogP contribution in [0.4, 0.5) is 10.1 Å². The van der Waals surface area contributed by atoms with Gasteiger partial charge in [-0.3, -0.25) is 10.1 Å². The Labute approximate surface area is 216 Å². The molecule has 0 amide bonds. The molecule has 1 aliphatic rings. The van der Waals surface area contributed by atoms with Crippen molar-refractivity contribution < 1.29 is 18.5 Å². The Morgan fingerprint density at radius 1 is 1.16 bits per heavy atom. The van der Waals surface area contributed by atoms with Crippen LogP contribution in [-0.4, -0.2) is 31.3 Å². The number of hydrogen-bond donors (Lipinski definition) is 0. The molecule has 4 heterocycles. The second-order valence-electron chi connectivity index (χ2n) is 8.56. The Morgan fingerprint density at radius 3 is 2.76 bits per heavy atom. The zero-order chi connectivity index (χ0) is 25.7. The summed E-state index contributed by atoms with van der Waals surface area (Å²) in [5, 5.41) is 17.3. The van der Waals surface area contributed by atoms with Crippen molar-refractivity contribution >= 4 is 43.4 Å². The molecule has 0 N–H and O–H groups in total. The number of nitro groups is 1. The molecule has 3 aromatic heterocycles. The quantitative estimate of drug-likeness (QED) is 0.152. The monoisotopic (exact) mass is 565 g/mol. The van der Waals surface area contributed by atoms with Gasteiger partial charge in [-0.15, -0.1) is 0 Å². The molecule has 0 saturated carbocycles. The molecule has 1 saturated heterocycles. The van der Waals surface area contributed by atoms with Crippen LogP contribution in [-0.2, 0) is 4.74 Å². The molecular weight excluding hydrogens is 549 g/mol. The maximum Gasteiger partial charge on any atom is 0.354 e. The van der Waals surface area contributed by atoms with Crippen molar-refractivity contribution in [2.75, 3.05) is 6.61 Å². The normalized spacial score (nSPS) is 15.9. The second-order valence-corrected chi connectivity index (χ2v) is 9.41. The molecule has 0 bridgehead atoms. The Bertz CT molecular complexity index is 1750. The fourth-order valence-electron chi connectivity index (χ4n) is 4.67. The molecule has 2 aromatic carbocycles. The van der Waals surface area contributed by atoms with Gasteiger partial charge in [-0.2, -0.15) is 9.49 Å². The standard InChI is InChI=1S/C25H17BrFN5O5/c26-17-10-15(14-4-3-5-18-16(14)12-29-31(18)20-6-1-2-9-36-20)23(32(34)35)21-22(17)30-24(37-25(21)33)13-7-8-19(27)28-11-13/h3-5,7-8,10-12,20H,1-2,6,9H2. The molecule has 0 radical (unpaired) electrons. The molecule has 12 heteroatoms. The predicted octanol–water partition coefficient (Wildman–Crippen LogP) is 5.78.